The lowest BCUT2D eigenvalue weighted by Crippen LogP contribution is -2.45. The van der Waals surface area contributed by atoms with Crippen LogP contribution in [0.15, 0.2) is 65.7 Å². The number of fused-ring (bicyclic) bond motifs is 1. The second kappa shape index (κ2) is 7.17. The summed E-state index contributed by atoms with van der Waals surface area (Å²) in [5.74, 6) is 0. The van der Waals surface area contributed by atoms with Crippen LogP contribution in [0.5, 0.6) is 0 Å². The summed E-state index contributed by atoms with van der Waals surface area (Å²) in [6, 6.07) is 12.9. The van der Waals surface area contributed by atoms with Gasteiger partial charge in [0.2, 0.25) is 0 Å². The minimum Gasteiger partial charge on any atom is -0.472 e. The van der Waals surface area contributed by atoms with Crippen LogP contribution >= 0.6 is 0 Å². The number of nitrogens with zero attached hydrogens (tertiary/aromatic N) is 3. The number of furan rings is 1. The average Bonchev–Trinajstić information content (AvgIpc) is 3.34. The van der Waals surface area contributed by atoms with Crippen LogP contribution in [0.4, 0.5) is 5.69 Å². The van der Waals surface area contributed by atoms with Crippen molar-refractivity contribution in [3.05, 3.63) is 61.3 Å². The number of hydrogen-bond donors (Lipinski definition) is 0. The fraction of sp³-hybridized carbons (Fsp3) is 0.320. The van der Waals surface area contributed by atoms with Crippen molar-refractivity contribution < 1.29 is 4.42 Å². The van der Waals surface area contributed by atoms with Crippen molar-refractivity contribution in [2.75, 3.05) is 19.0 Å². The molecule has 30 heavy (non-hydrogen) atoms. The Morgan fingerprint density at radius 2 is 1.67 bits per heavy atom. The van der Waals surface area contributed by atoms with Gasteiger partial charge in [0.15, 0.2) is 8.24 Å². The summed E-state index contributed by atoms with van der Waals surface area (Å²) in [4.78, 5) is 7.09. The summed E-state index contributed by atoms with van der Waals surface area (Å²) in [5, 5.41) is 1.38. The number of hydrogen-bond acceptors (Lipinski definition) is 3. The number of pyridine rings is 1. The molecule has 1 aromatic carbocycles. The van der Waals surface area contributed by atoms with Gasteiger partial charge in [0, 0.05) is 54.3 Å². The Labute approximate surface area is 180 Å². The van der Waals surface area contributed by atoms with Gasteiger partial charge >= 0.3 is 0 Å². The Morgan fingerprint density at radius 3 is 2.23 bits per heavy atom. The fourth-order valence-electron chi connectivity index (χ4n) is 3.65. The van der Waals surface area contributed by atoms with E-state index < -0.39 is 8.24 Å². The quantitative estimate of drug-likeness (QED) is 0.339. The monoisotopic (exact) mass is 417 g/mol. The van der Waals surface area contributed by atoms with E-state index in [4.69, 9.17) is 9.40 Å². The maximum absolute atomic E-state index is 5.41. The molecular formula is C25H31N3OSi. The lowest BCUT2D eigenvalue weighted by molar-refractivity contribution is 0.568. The van der Waals surface area contributed by atoms with Crippen LogP contribution in [0, 0.1) is 0 Å². The third kappa shape index (κ3) is 3.37. The van der Waals surface area contributed by atoms with Crippen LogP contribution in [-0.4, -0.2) is 31.5 Å². The maximum atomic E-state index is 5.41. The van der Waals surface area contributed by atoms with Gasteiger partial charge in [-0.25, -0.2) is 4.98 Å². The molecule has 0 amide bonds. The van der Waals surface area contributed by atoms with Crippen molar-refractivity contribution in [2.45, 2.75) is 38.9 Å². The number of rotatable bonds is 4. The highest BCUT2D eigenvalue weighted by Gasteiger charge is 2.39. The molecule has 0 atom stereocenters. The molecule has 3 heterocycles. The molecule has 0 radical (unpaired) electrons. The summed E-state index contributed by atoms with van der Waals surface area (Å²) < 4.78 is 7.87. The SMILES string of the molecule is CN(C)c1ccc(-c2cnc3c(c2)c(-c2ccoc2)cn3[Si](C)(C)C(C)(C)C)cc1. The van der Waals surface area contributed by atoms with Gasteiger partial charge in [0.25, 0.3) is 0 Å². The minimum absolute atomic E-state index is 0.203. The van der Waals surface area contributed by atoms with E-state index in [0.717, 1.165) is 16.8 Å². The standard InChI is InChI=1S/C25H31N3OSi/c1-25(2,3)30(6,7)28-16-23(19-12-13-29-17-19)22-14-20(15-26-24(22)28)18-8-10-21(11-9-18)27(4)5/h8-17H,1-7H3. The second-order valence-electron chi connectivity index (χ2n) is 9.77. The van der Waals surface area contributed by atoms with E-state index in [1.165, 1.54) is 22.2 Å². The lowest BCUT2D eigenvalue weighted by atomic mass is 10.0. The molecule has 0 N–H and O–H groups in total. The third-order valence-corrected chi connectivity index (χ3v) is 11.8. The summed E-state index contributed by atoms with van der Waals surface area (Å²) in [6.07, 6.45) is 7.86. The Bertz CT molecular complexity index is 1160. The second-order valence-corrected chi connectivity index (χ2v) is 14.9. The van der Waals surface area contributed by atoms with Crippen LogP contribution in [0.2, 0.25) is 18.1 Å². The molecule has 3 aromatic heterocycles. The van der Waals surface area contributed by atoms with Crippen molar-refractivity contribution in [1.29, 1.82) is 0 Å². The minimum atomic E-state index is -1.84. The van der Waals surface area contributed by atoms with Gasteiger partial charge in [-0.15, -0.1) is 0 Å². The highest BCUT2D eigenvalue weighted by atomic mass is 28.3. The molecular weight excluding hydrogens is 386 g/mol. The molecule has 4 aromatic rings. The largest absolute Gasteiger partial charge is 0.472 e. The molecule has 4 nitrogen and oxygen atoms in total. The Balaban J connectivity index is 1.92. The molecule has 0 aliphatic rings. The molecule has 4 rings (SSSR count). The molecule has 0 unspecified atom stereocenters. The lowest BCUT2D eigenvalue weighted by Gasteiger charge is -2.38. The van der Waals surface area contributed by atoms with Crippen LogP contribution in [0.25, 0.3) is 33.3 Å². The fourth-order valence-corrected chi connectivity index (χ4v) is 5.53. The van der Waals surface area contributed by atoms with Crippen molar-refractivity contribution in [2.24, 2.45) is 0 Å². The van der Waals surface area contributed by atoms with E-state index >= 15 is 0 Å². The normalized spacial score (nSPS) is 12.5. The van der Waals surface area contributed by atoms with E-state index in [9.17, 15) is 0 Å². The van der Waals surface area contributed by atoms with Crippen molar-refractivity contribution in [1.82, 2.24) is 9.22 Å². The summed E-state index contributed by atoms with van der Waals surface area (Å²) in [5.41, 5.74) is 6.84. The average molecular weight is 418 g/mol. The number of anilines is 1. The van der Waals surface area contributed by atoms with Gasteiger partial charge in [0.05, 0.1) is 12.5 Å². The van der Waals surface area contributed by atoms with E-state index in [1.807, 2.05) is 18.5 Å². The summed E-state index contributed by atoms with van der Waals surface area (Å²) >= 11 is 0. The molecule has 0 aliphatic carbocycles. The van der Waals surface area contributed by atoms with Crippen LogP contribution in [0.3, 0.4) is 0 Å². The van der Waals surface area contributed by atoms with Crippen molar-refractivity contribution in [3.8, 4) is 22.3 Å². The maximum Gasteiger partial charge on any atom is 0.163 e. The predicted octanol–water partition coefficient (Wildman–Crippen LogP) is 6.88. The van der Waals surface area contributed by atoms with Crippen LogP contribution < -0.4 is 4.90 Å². The van der Waals surface area contributed by atoms with Gasteiger partial charge in [-0.1, -0.05) is 46.0 Å². The zero-order valence-electron chi connectivity index (χ0n) is 19.0. The Hall–Kier alpha value is -2.79. The molecule has 0 fully saturated rings. The van der Waals surface area contributed by atoms with E-state index in [1.54, 1.807) is 6.26 Å². The first-order valence-corrected chi connectivity index (χ1v) is 13.4. The first kappa shape index (κ1) is 20.5. The third-order valence-electron chi connectivity index (χ3n) is 6.63. The zero-order chi connectivity index (χ0) is 21.7. The summed E-state index contributed by atoms with van der Waals surface area (Å²) in [6.45, 7) is 11.8. The van der Waals surface area contributed by atoms with Crippen LogP contribution in [0.1, 0.15) is 20.8 Å². The molecule has 156 valence electrons. The van der Waals surface area contributed by atoms with Crippen molar-refractivity contribution >= 4 is 25.0 Å². The van der Waals surface area contributed by atoms with Gasteiger partial charge < -0.3 is 13.5 Å². The number of aromatic nitrogens is 2. The molecule has 0 bridgehead atoms. The van der Waals surface area contributed by atoms with Gasteiger partial charge in [-0.3, -0.25) is 0 Å². The van der Waals surface area contributed by atoms with Gasteiger partial charge in [-0.2, -0.15) is 0 Å². The summed E-state index contributed by atoms with van der Waals surface area (Å²) in [7, 11) is 2.28. The van der Waals surface area contributed by atoms with E-state index in [0.29, 0.717) is 0 Å². The van der Waals surface area contributed by atoms with Gasteiger partial charge in [0.1, 0.15) is 5.65 Å². The molecule has 5 heteroatoms. The van der Waals surface area contributed by atoms with Crippen LogP contribution in [-0.2, 0) is 0 Å². The smallest absolute Gasteiger partial charge is 0.163 e. The highest BCUT2D eigenvalue weighted by Crippen LogP contribution is 2.41. The topological polar surface area (TPSA) is 34.2 Å². The molecule has 0 saturated carbocycles. The molecule has 0 aliphatic heterocycles. The van der Waals surface area contributed by atoms with E-state index in [2.05, 4.69) is 93.6 Å². The molecule has 0 saturated heterocycles. The Morgan fingerprint density at radius 1 is 0.967 bits per heavy atom. The van der Waals surface area contributed by atoms with Gasteiger partial charge in [-0.05, 0) is 34.9 Å². The highest BCUT2D eigenvalue weighted by molar-refractivity contribution is 6.79. The number of benzene rings is 1. The van der Waals surface area contributed by atoms with Crippen molar-refractivity contribution in [3.63, 3.8) is 0 Å². The first-order valence-electron chi connectivity index (χ1n) is 10.4. The Kier molecular flexibility index (Phi) is 4.89. The predicted molar refractivity (Wildman–Crippen MR) is 130 cm³/mol. The van der Waals surface area contributed by atoms with E-state index in [-0.39, 0.29) is 5.04 Å². The zero-order valence-corrected chi connectivity index (χ0v) is 20.0. The molecule has 0 spiro atoms. The first-order chi connectivity index (χ1) is 14.1.